The van der Waals surface area contributed by atoms with Gasteiger partial charge in [0.05, 0.1) is 0 Å². The summed E-state index contributed by atoms with van der Waals surface area (Å²) < 4.78 is 0. The summed E-state index contributed by atoms with van der Waals surface area (Å²) in [4.78, 5) is 2.67. The van der Waals surface area contributed by atoms with Gasteiger partial charge < -0.3 is 5.32 Å². The molecule has 0 heterocycles. The Bertz CT molecular complexity index is 219. The lowest BCUT2D eigenvalue weighted by atomic mass is 9.83. The average Bonchev–Trinajstić information content (AvgIpc) is 2.43. The Labute approximate surface area is 121 Å². The highest BCUT2D eigenvalue weighted by atomic mass is 15.2. The fourth-order valence-electron chi connectivity index (χ4n) is 3.37. The summed E-state index contributed by atoms with van der Waals surface area (Å²) in [6, 6.07) is 1.54. The van der Waals surface area contributed by atoms with Crippen molar-refractivity contribution >= 4 is 0 Å². The largest absolute Gasteiger partial charge is 0.315 e. The minimum Gasteiger partial charge on any atom is -0.315 e. The molecule has 0 saturated heterocycles. The Morgan fingerprint density at radius 3 is 2.16 bits per heavy atom. The number of nitrogens with one attached hydrogen (secondary N) is 1. The zero-order valence-corrected chi connectivity index (χ0v) is 13.9. The standard InChI is InChI=1S/C17H36N2/c1-6-15-8-10-17(11-9-15)19(5)16(7-2)13-18-12-14(3)4/h14-18H,6-13H2,1-5H3. The van der Waals surface area contributed by atoms with Crippen LogP contribution in [-0.2, 0) is 0 Å². The molecule has 1 atom stereocenters. The van der Waals surface area contributed by atoms with Crippen molar-refractivity contribution in [3.05, 3.63) is 0 Å². The van der Waals surface area contributed by atoms with Crippen LogP contribution in [0.15, 0.2) is 0 Å². The van der Waals surface area contributed by atoms with Crippen LogP contribution >= 0.6 is 0 Å². The maximum Gasteiger partial charge on any atom is 0.0217 e. The van der Waals surface area contributed by atoms with Gasteiger partial charge >= 0.3 is 0 Å². The van der Waals surface area contributed by atoms with E-state index in [1.807, 2.05) is 0 Å². The second-order valence-corrected chi connectivity index (χ2v) is 6.86. The van der Waals surface area contributed by atoms with Crippen molar-refractivity contribution in [2.45, 2.75) is 78.3 Å². The van der Waals surface area contributed by atoms with E-state index in [2.05, 4.69) is 45.0 Å². The topological polar surface area (TPSA) is 15.3 Å². The maximum absolute atomic E-state index is 3.63. The molecule has 1 rings (SSSR count). The van der Waals surface area contributed by atoms with Crippen molar-refractivity contribution in [3.8, 4) is 0 Å². The highest BCUT2D eigenvalue weighted by Crippen LogP contribution is 2.29. The van der Waals surface area contributed by atoms with Crippen molar-refractivity contribution in [1.29, 1.82) is 0 Å². The summed E-state index contributed by atoms with van der Waals surface area (Å²) in [6.07, 6.45) is 8.35. The van der Waals surface area contributed by atoms with Crippen LogP contribution in [0.3, 0.4) is 0 Å². The van der Waals surface area contributed by atoms with E-state index in [0.29, 0.717) is 6.04 Å². The van der Waals surface area contributed by atoms with Crippen molar-refractivity contribution in [3.63, 3.8) is 0 Å². The molecule has 0 aromatic carbocycles. The Morgan fingerprint density at radius 2 is 1.68 bits per heavy atom. The molecule has 1 aliphatic rings. The van der Waals surface area contributed by atoms with Crippen LogP contribution in [0, 0.1) is 11.8 Å². The van der Waals surface area contributed by atoms with E-state index >= 15 is 0 Å². The summed E-state index contributed by atoms with van der Waals surface area (Å²) in [5.74, 6) is 1.76. The Hall–Kier alpha value is -0.0800. The number of hydrogen-bond acceptors (Lipinski definition) is 2. The molecular formula is C17H36N2. The first-order chi connectivity index (χ1) is 9.08. The van der Waals surface area contributed by atoms with E-state index < -0.39 is 0 Å². The first-order valence-electron chi connectivity index (χ1n) is 8.51. The van der Waals surface area contributed by atoms with E-state index in [1.54, 1.807) is 0 Å². The summed E-state index contributed by atoms with van der Waals surface area (Å²) in [5, 5.41) is 3.63. The summed E-state index contributed by atoms with van der Waals surface area (Å²) >= 11 is 0. The van der Waals surface area contributed by atoms with Crippen molar-refractivity contribution in [1.82, 2.24) is 10.2 Å². The van der Waals surface area contributed by atoms with Gasteiger partial charge in [-0.05, 0) is 57.5 Å². The number of rotatable bonds is 8. The molecule has 1 unspecified atom stereocenters. The smallest absolute Gasteiger partial charge is 0.0217 e. The first kappa shape index (κ1) is 17.0. The third kappa shape index (κ3) is 5.83. The molecule has 1 N–H and O–H groups in total. The van der Waals surface area contributed by atoms with Gasteiger partial charge in [0.15, 0.2) is 0 Å². The van der Waals surface area contributed by atoms with Gasteiger partial charge in [0, 0.05) is 18.6 Å². The molecule has 0 spiro atoms. The molecule has 1 saturated carbocycles. The van der Waals surface area contributed by atoms with Crippen LogP contribution in [0.4, 0.5) is 0 Å². The van der Waals surface area contributed by atoms with Gasteiger partial charge in [-0.25, -0.2) is 0 Å². The van der Waals surface area contributed by atoms with Crippen LogP contribution in [0.1, 0.15) is 66.2 Å². The van der Waals surface area contributed by atoms with E-state index in [4.69, 9.17) is 0 Å². The third-order valence-electron chi connectivity index (χ3n) is 4.95. The van der Waals surface area contributed by atoms with E-state index in [1.165, 1.54) is 38.5 Å². The lowest BCUT2D eigenvalue weighted by molar-refractivity contribution is 0.114. The monoisotopic (exact) mass is 268 g/mol. The van der Waals surface area contributed by atoms with Gasteiger partial charge in [0.1, 0.15) is 0 Å². The molecule has 2 nitrogen and oxygen atoms in total. The van der Waals surface area contributed by atoms with Crippen molar-refractivity contribution < 1.29 is 0 Å². The lowest BCUT2D eigenvalue weighted by Gasteiger charge is -2.39. The molecule has 0 aromatic rings. The Morgan fingerprint density at radius 1 is 1.05 bits per heavy atom. The molecule has 0 amide bonds. The Kier molecular flexibility index (Phi) is 8.01. The van der Waals surface area contributed by atoms with E-state index in [9.17, 15) is 0 Å². The van der Waals surface area contributed by atoms with Gasteiger partial charge in [0.25, 0.3) is 0 Å². The van der Waals surface area contributed by atoms with Crippen LogP contribution in [-0.4, -0.2) is 37.1 Å². The molecule has 0 bridgehead atoms. The van der Waals surface area contributed by atoms with E-state index in [0.717, 1.165) is 31.0 Å². The van der Waals surface area contributed by atoms with Gasteiger partial charge in [-0.15, -0.1) is 0 Å². The van der Waals surface area contributed by atoms with Gasteiger partial charge in [-0.3, -0.25) is 4.90 Å². The highest BCUT2D eigenvalue weighted by molar-refractivity contribution is 4.82. The van der Waals surface area contributed by atoms with Crippen LogP contribution in [0.5, 0.6) is 0 Å². The highest BCUT2D eigenvalue weighted by Gasteiger charge is 2.26. The second-order valence-electron chi connectivity index (χ2n) is 6.86. The van der Waals surface area contributed by atoms with Crippen LogP contribution in [0.2, 0.25) is 0 Å². The normalized spacial score (nSPS) is 26.1. The molecule has 0 aromatic heterocycles. The molecule has 114 valence electrons. The van der Waals surface area contributed by atoms with Crippen LogP contribution in [0.25, 0.3) is 0 Å². The molecular weight excluding hydrogens is 232 g/mol. The van der Waals surface area contributed by atoms with Gasteiger partial charge in [-0.1, -0.05) is 34.1 Å². The average molecular weight is 268 g/mol. The summed E-state index contributed by atoms with van der Waals surface area (Å²) in [6.45, 7) is 11.5. The first-order valence-corrected chi connectivity index (χ1v) is 8.51. The zero-order valence-electron chi connectivity index (χ0n) is 13.9. The summed E-state index contributed by atoms with van der Waals surface area (Å²) in [7, 11) is 2.35. The SMILES string of the molecule is CCC1CCC(N(C)C(CC)CNCC(C)C)CC1. The number of nitrogens with zero attached hydrogens (tertiary/aromatic N) is 1. The molecule has 0 radical (unpaired) electrons. The van der Waals surface area contributed by atoms with Gasteiger partial charge in [0.2, 0.25) is 0 Å². The molecule has 1 fully saturated rings. The van der Waals surface area contributed by atoms with Gasteiger partial charge in [-0.2, -0.15) is 0 Å². The quantitative estimate of drug-likeness (QED) is 0.718. The predicted octanol–water partition coefficient (Wildman–Crippen LogP) is 3.91. The lowest BCUT2D eigenvalue weighted by Crippen LogP contribution is -2.47. The maximum atomic E-state index is 3.63. The molecule has 1 aliphatic carbocycles. The zero-order chi connectivity index (χ0) is 14.3. The molecule has 2 heteroatoms. The second kappa shape index (κ2) is 8.97. The molecule has 0 aliphatic heterocycles. The fourth-order valence-corrected chi connectivity index (χ4v) is 3.37. The molecule has 19 heavy (non-hydrogen) atoms. The fraction of sp³-hybridized carbons (Fsp3) is 1.00. The number of likely N-dealkylation sites (N-methyl/N-ethyl adjacent to an activating group) is 1. The minimum absolute atomic E-state index is 0.710. The number of hydrogen-bond donors (Lipinski definition) is 1. The predicted molar refractivity (Wildman–Crippen MR) is 85.6 cm³/mol. The summed E-state index contributed by atoms with van der Waals surface area (Å²) in [5.41, 5.74) is 0. The minimum atomic E-state index is 0.710. The van der Waals surface area contributed by atoms with E-state index in [-0.39, 0.29) is 0 Å². The van der Waals surface area contributed by atoms with Crippen molar-refractivity contribution in [2.75, 3.05) is 20.1 Å². The Balaban J connectivity index is 2.34. The van der Waals surface area contributed by atoms with Crippen LogP contribution < -0.4 is 5.32 Å². The third-order valence-corrected chi connectivity index (χ3v) is 4.95. The van der Waals surface area contributed by atoms with Crippen molar-refractivity contribution in [2.24, 2.45) is 11.8 Å².